The maximum Gasteiger partial charge on any atom is 0.256 e. The van der Waals surface area contributed by atoms with Crippen LogP contribution in [0.25, 0.3) is 0 Å². The molecule has 0 aliphatic rings. The van der Waals surface area contributed by atoms with Gasteiger partial charge in [-0.3, -0.25) is 4.79 Å². The fourth-order valence-corrected chi connectivity index (χ4v) is 1.27. The van der Waals surface area contributed by atoms with Crippen LogP contribution in [0.15, 0.2) is 24.3 Å². The van der Waals surface area contributed by atoms with E-state index in [1.807, 2.05) is 0 Å². The van der Waals surface area contributed by atoms with Gasteiger partial charge in [-0.2, -0.15) is 0 Å². The summed E-state index contributed by atoms with van der Waals surface area (Å²) in [6.45, 7) is 3.75. The number of nitrogens with two attached hydrogens (primary N) is 1. The Labute approximate surface area is 89.1 Å². The Morgan fingerprint density at radius 2 is 2.00 bits per heavy atom. The van der Waals surface area contributed by atoms with Crippen LogP contribution < -0.4 is 11.1 Å². The summed E-state index contributed by atoms with van der Waals surface area (Å²) in [6.07, 6.45) is 0. The van der Waals surface area contributed by atoms with Gasteiger partial charge in [-0.05, 0) is 31.5 Å². The van der Waals surface area contributed by atoms with E-state index in [1.165, 1.54) is 6.92 Å². The molecule has 0 bridgehead atoms. The standard InChI is InChI=1S/C11H16N2O2/c1-3-13-10(14)11(2,15)8-4-6-9(12)7-5-8/h4-7,15H,3,12H2,1-2H3,(H,13,14). The molecule has 4 nitrogen and oxygen atoms in total. The molecule has 4 heteroatoms. The largest absolute Gasteiger partial charge is 0.399 e. The van der Waals surface area contributed by atoms with Gasteiger partial charge in [-0.25, -0.2) is 0 Å². The summed E-state index contributed by atoms with van der Waals surface area (Å²) in [5, 5.41) is 12.6. The number of nitrogens with one attached hydrogen (secondary N) is 1. The SMILES string of the molecule is CCNC(=O)C(C)(O)c1ccc(N)cc1. The van der Waals surface area contributed by atoms with Gasteiger partial charge < -0.3 is 16.2 Å². The second-order valence-electron chi connectivity index (χ2n) is 3.55. The number of amides is 1. The van der Waals surface area contributed by atoms with Crippen molar-refractivity contribution in [1.29, 1.82) is 0 Å². The van der Waals surface area contributed by atoms with Gasteiger partial charge in [0.1, 0.15) is 0 Å². The average molecular weight is 208 g/mol. The van der Waals surface area contributed by atoms with Crippen molar-refractivity contribution in [2.45, 2.75) is 19.4 Å². The van der Waals surface area contributed by atoms with Crippen molar-refractivity contribution >= 4 is 11.6 Å². The second kappa shape index (κ2) is 4.31. The molecule has 82 valence electrons. The fourth-order valence-electron chi connectivity index (χ4n) is 1.27. The highest BCUT2D eigenvalue weighted by molar-refractivity contribution is 5.85. The number of nitrogen functional groups attached to an aromatic ring is 1. The minimum Gasteiger partial charge on any atom is -0.399 e. The highest BCUT2D eigenvalue weighted by Gasteiger charge is 2.31. The van der Waals surface area contributed by atoms with Crippen molar-refractivity contribution in [2.24, 2.45) is 0 Å². The maximum absolute atomic E-state index is 11.6. The van der Waals surface area contributed by atoms with E-state index in [9.17, 15) is 9.90 Å². The van der Waals surface area contributed by atoms with Crippen molar-refractivity contribution in [1.82, 2.24) is 5.32 Å². The van der Waals surface area contributed by atoms with Crippen LogP contribution >= 0.6 is 0 Å². The number of carbonyl (C=O) groups is 1. The molecule has 0 fully saturated rings. The second-order valence-corrected chi connectivity index (χ2v) is 3.55. The lowest BCUT2D eigenvalue weighted by molar-refractivity contribution is -0.138. The third-order valence-electron chi connectivity index (χ3n) is 2.25. The highest BCUT2D eigenvalue weighted by atomic mass is 16.3. The van der Waals surface area contributed by atoms with E-state index >= 15 is 0 Å². The maximum atomic E-state index is 11.6. The van der Waals surface area contributed by atoms with E-state index < -0.39 is 11.5 Å². The first kappa shape index (κ1) is 11.5. The van der Waals surface area contributed by atoms with Crippen LogP contribution in [0.4, 0.5) is 5.69 Å². The van der Waals surface area contributed by atoms with Crippen LogP contribution in [0.5, 0.6) is 0 Å². The van der Waals surface area contributed by atoms with Crippen LogP contribution in [0.3, 0.4) is 0 Å². The molecule has 1 aromatic rings. The number of rotatable bonds is 3. The number of likely N-dealkylation sites (N-methyl/N-ethyl adjacent to an activating group) is 1. The molecular weight excluding hydrogens is 192 g/mol. The monoisotopic (exact) mass is 208 g/mol. The summed E-state index contributed by atoms with van der Waals surface area (Å²) in [4.78, 5) is 11.6. The molecule has 1 rings (SSSR count). The predicted molar refractivity (Wildman–Crippen MR) is 59.1 cm³/mol. The van der Waals surface area contributed by atoms with Crippen LogP contribution in [0.2, 0.25) is 0 Å². The molecule has 1 atom stereocenters. The van der Waals surface area contributed by atoms with E-state index in [0.717, 1.165) is 0 Å². The molecule has 1 amide bonds. The first-order valence-electron chi connectivity index (χ1n) is 4.85. The summed E-state index contributed by atoms with van der Waals surface area (Å²) >= 11 is 0. The molecule has 0 spiro atoms. The molecule has 0 aliphatic carbocycles. The lowest BCUT2D eigenvalue weighted by Gasteiger charge is -2.22. The zero-order valence-corrected chi connectivity index (χ0v) is 8.95. The van der Waals surface area contributed by atoms with Gasteiger partial charge in [-0.1, -0.05) is 12.1 Å². The number of hydrogen-bond acceptors (Lipinski definition) is 3. The highest BCUT2D eigenvalue weighted by Crippen LogP contribution is 2.21. The molecule has 0 aromatic heterocycles. The first-order chi connectivity index (χ1) is 6.98. The number of aliphatic hydroxyl groups is 1. The van der Waals surface area contributed by atoms with Crippen LogP contribution in [0, 0.1) is 0 Å². The fraction of sp³-hybridized carbons (Fsp3) is 0.364. The van der Waals surface area contributed by atoms with E-state index in [1.54, 1.807) is 31.2 Å². The molecule has 0 aliphatic heterocycles. The molecular formula is C11H16N2O2. The lowest BCUT2D eigenvalue weighted by atomic mass is 9.95. The van der Waals surface area contributed by atoms with Gasteiger partial charge in [0, 0.05) is 12.2 Å². The van der Waals surface area contributed by atoms with E-state index in [2.05, 4.69) is 5.32 Å². The quantitative estimate of drug-likeness (QED) is 0.637. The topological polar surface area (TPSA) is 75.3 Å². The van der Waals surface area contributed by atoms with Gasteiger partial charge in [0.25, 0.3) is 5.91 Å². The summed E-state index contributed by atoms with van der Waals surface area (Å²) < 4.78 is 0. The average Bonchev–Trinajstić information content (AvgIpc) is 2.18. The molecule has 0 radical (unpaired) electrons. The molecule has 15 heavy (non-hydrogen) atoms. The van der Waals surface area contributed by atoms with Crippen LogP contribution in [-0.2, 0) is 10.4 Å². The van der Waals surface area contributed by atoms with Crippen molar-refractivity contribution in [2.75, 3.05) is 12.3 Å². The van der Waals surface area contributed by atoms with Gasteiger partial charge in [0.05, 0.1) is 0 Å². The zero-order valence-electron chi connectivity index (χ0n) is 8.95. The van der Waals surface area contributed by atoms with Crippen LogP contribution in [0.1, 0.15) is 19.4 Å². The Kier molecular flexibility index (Phi) is 3.31. The summed E-state index contributed by atoms with van der Waals surface area (Å²) in [5.41, 5.74) is 5.14. The Hall–Kier alpha value is -1.55. The third kappa shape index (κ3) is 2.47. The number of carbonyl (C=O) groups excluding carboxylic acids is 1. The summed E-state index contributed by atoms with van der Waals surface area (Å²) in [7, 11) is 0. The Balaban J connectivity index is 2.94. The van der Waals surface area contributed by atoms with Crippen molar-refractivity contribution in [3.8, 4) is 0 Å². The minimum absolute atomic E-state index is 0.408. The van der Waals surface area contributed by atoms with E-state index in [0.29, 0.717) is 17.8 Å². The molecule has 4 N–H and O–H groups in total. The van der Waals surface area contributed by atoms with E-state index in [4.69, 9.17) is 5.73 Å². The van der Waals surface area contributed by atoms with Gasteiger partial charge in [0.15, 0.2) is 5.60 Å². The smallest absolute Gasteiger partial charge is 0.256 e. The lowest BCUT2D eigenvalue weighted by Crippen LogP contribution is -2.42. The van der Waals surface area contributed by atoms with Crippen molar-refractivity contribution in [3.05, 3.63) is 29.8 Å². The zero-order chi connectivity index (χ0) is 11.5. The van der Waals surface area contributed by atoms with E-state index in [-0.39, 0.29) is 0 Å². The van der Waals surface area contributed by atoms with Gasteiger partial charge in [-0.15, -0.1) is 0 Å². The number of benzene rings is 1. The first-order valence-corrected chi connectivity index (χ1v) is 4.85. The molecule has 0 heterocycles. The van der Waals surface area contributed by atoms with Gasteiger partial charge >= 0.3 is 0 Å². The molecule has 1 aromatic carbocycles. The number of anilines is 1. The molecule has 1 unspecified atom stereocenters. The third-order valence-corrected chi connectivity index (χ3v) is 2.25. The normalized spacial score (nSPS) is 14.3. The van der Waals surface area contributed by atoms with Crippen LogP contribution in [-0.4, -0.2) is 17.6 Å². The summed E-state index contributed by atoms with van der Waals surface area (Å²) in [5.74, 6) is -0.408. The predicted octanol–water partition coefficient (Wildman–Crippen LogP) is 0.612. The summed E-state index contributed by atoms with van der Waals surface area (Å²) in [6, 6.07) is 6.60. The Bertz CT molecular complexity index is 344. The van der Waals surface area contributed by atoms with Crippen molar-refractivity contribution in [3.63, 3.8) is 0 Å². The molecule has 0 saturated heterocycles. The molecule has 0 saturated carbocycles. The Morgan fingerprint density at radius 1 is 1.47 bits per heavy atom. The number of hydrogen-bond donors (Lipinski definition) is 3. The van der Waals surface area contributed by atoms with Gasteiger partial charge in [0.2, 0.25) is 0 Å². The van der Waals surface area contributed by atoms with Crippen molar-refractivity contribution < 1.29 is 9.90 Å². The Morgan fingerprint density at radius 3 is 2.47 bits per heavy atom. The minimum atomic E-state index is -1.51.